The molecule has 7 heteroatoms. The predicted octanol–water partition coefficient (Wildman–Crippen LogP) is 2.23. The van der Waals surface area contributed by atoms with Crippen LogP contribution in [0.3, 0.4) is 0 Å². The van der Waals surface area contributed by atoms with E-state index < -0.39 is 0 Å². The molecule has 2 fully saturated rings. The van der Waals surface area contributed by atoms with Crippen molar-refractivity contribution in [3.8, 4) is 0 Å². The maximum absolute atomic E-state index is 12.7. The number of nitrogens with zero attached hydrogens (tertiary/aromatic N) is 6. The van der Waals surface area contributed by atoms with Gasteiger partial charge in [-0.1, -0.05) is 0 Å². The molecule has 2 aliphatic rings. The average Bonchev–Trinajstić information content (AvgIpc) is 3.55. The summed E-state index contributed by atoms with van der Waals surface area (Å²) >= 11 is 0. The number of fused-ring (bicyclic) bond motifs is 1. The average molecular weight is 376 g/mol. The zero-order chi connectivity index (χ0) is 19.1. The molecule has 5 rings (SSSR count). The summed E-state index contributed by atoms with van der Waals surface area (Å²) in [6.07, 6.45) is 7.64. The fraction of sp³-hybridized carbons (Fsp3) is 0.429. The molecule has 7 nitrogen and oxygen atoms in total. The molecule has 3 aromatic rings. The quantitative estimate of drug-likeness (QED) is 0.696. The fourth-order valence-electron chi connectivity index (χ4n) is 3.94. The Labute approximate surface area is 163 Å². The van der Waals surface area contributed by atoms with Gasteiger partial charge in [0.2, 0.25) is 0 Å². The first kappa shape index (κ1) is 17.2. The van der Waals surface area contributed by atoms with Crippen LogP contribution < -0.4 is 15.4 Å². The molecule has 0 spiro atoms. The Morgan fingerprint density at radius 1 is 1.00 bits per heavy atom. The molecule has 0 amide bonds. The van der Waals surface area contributed by atoms with Gasteiger partial charge < -0.3 is 9.80 Å². The van der Waals surface area contributed by atoms with Crippen molar-refractivity contribution in [2.24, 2.45) is 5.92 Å². The Balaban J connectivity index is 1.34. The topological polar surface area (TPSA) is 67.2 Å². The Morgan fingerprint density at radius 3 is 2.50 bits per heavy atom. The summed E-state index contributed by atoms with van der Waals surface area (Å²) in [5, 5.41) is 0.709. The highest BCUT2D eigenvalue weighted by atomic mass is 16.1. The third kappa shape index (κ3) is 3.21. The van der Waals surface area contributed by atoms with Crippen molar-refractivity contribution in [3.05, 3.63) is 53.0 Å². The summed E-state index contributed by atoms with van der Waals surface area (Å²) in [7, 11) is 0. The van der Waals surface area contributed by atoms with E-state index in [9.17, 15) is 4.79 Å². The zero-order valence-corrected chi connectivity index (χ0v) is 16.1. The number of anilines is 2. The van der Waals surface area contributed by atoms with Gasteiger partial charge in [-0.25, -0.2) is 9.97 Å². The lowest BCUT2D eigenvalue weighted by molar-refractivity contribution is 0.602. The number of rotatable bonds is 4. The standard InChI is InChI=1S/C21H24N6O/c1-15-20(23-7-6-22-15)26-10-8-25(9-11-26)17-4-5-18-19(12-17)24-14-27(21(18)28)13-16-2-3-16/h4-7,12,14,16H,2-3,8-11,13H2,1H3. The van der Waals surface area contributed by atoms with Crippen molar-refractivity contribution in [1.29, 1.82) is 0 Å². The van der Waals surface area contributed by atoms with E-state index in [1.807, 2.05) is 19.1 Å². The molecule has 0 radical (unpaired) electrons. The minimum Gasteiger partial charge on any atom is -0.368 e. The molecule has 0 unspecified atom stereocenters. The molecular formula is C21H24N6O. The molecule has 1 aliphatic heterocycles. The van der Waals surface area contributed by atoms with Crippen molar-refractivity contribution in [3.63, 3.8) is 0 Å². The van der Waals surface area contributed by atoms with Crippen LogP contribution in [0, 0.1) is 12.8 Å². The number of aryl methyl sites for hydroxylation is 1. The van der Waals surface area contributed by atoms with Crippen LogP contribution in [-0.2, 0) is 6.54 Å². The third-order valence-electron chi connectivity index (χ3n) is 5.76. The van der Waals surface area contributed by atoms with E-state index in [1.165, 1.54) is 12.8 Å². The van der Waals surface area contributed by atoms with Crippen LogP contribution >= 0.6 is 0 Å². The van der Waals surface area contributed by atoms with Crippen molar-refractivity contribution in [2.75, 3.05) is 36.0 Å². The Kier molecular flexibility index (Phi) is 4.22. The van der Waals surface area contributed by atoms with E-state index in [0.717, 1.165) is 55.4 Å². The molecular weight excluding hydrogens is 352 g/mol. The van der Waals surface area contributed by atoms with Crippen LogP contribution in [0.25, 0.3) is 10.9 Å². The van der Waals surface area contributed by atoms with Gasteiger partial charge in [0.1, 0.15) is 5.82 Å². The van der Waals surface area contributed by atoms with Gasteiger partial charge in [-0.3, -0.25) is 14.3 Å². The fourth-order valence-corrected chi connectivity index (χ4v) is 3.94. The zero-order valence-electron chi connectivity index (χ0n) is 16.1. The van der Waals surface area contributed by atoms with Crippen LogP contribution in [0.1, 0.15) is 18.5 Å². The maximum Gasteiger partial charge on any atom is 0.261 e. The monoisotopic (exact) mass is 376 g/mol. The van der Waals surface area contributed by atoms with Crippen molar-refractivity contribution in [2.45, 2.75) is 26.3 Å². The second-order valence-corrected chi connectivity index (χ2v) is 7.79. The first-order valence-electron chi connectivity index (χ1n) is 9.96. The van der Waals surface area contributed by atoms with Gasteiger partial charge in [0.25, 0.3) is 5.56 Å². The maximum atomic E-state index is 12.7. The van der Waals surface area contributed by atoms with E-state index in [-0.39, 0.29) is 5.56 Å². The highest BCUT2D eigenvalue weighted by Gasteiger charge is 2.23. The van der Waals surface area contributed by atoms with Crippen LogP contribution in [0.15, 0.2) is 41.7 Å². The lowest BCUT2D eigenvalue weighted by Gasteiger charge is -2.37. The second kappa shape index (κ2) is 6.89. The van der Waals surface area contributed by atoms with E-state index in [4.69, 9.17) is 0 Å². The van der Waals surface area contributed by atoms with Crippen molar-refractivity contribution in [1.82, 2.24) is 19.5 Å². The van der Waals surface area contributed by atoms with Gasteiger partial charge in [0, 0.05) is 50.8 Å². The summed E-state index contributed by atoms with van der Waals surface area (Å²) in [6, 6.07) is 6.03. The van der Waals surface area contributed by atoms with Crippen LogP contribution in [0.5, 0.6) is 0 Å². The summed E-state index contributed by atoms with van der Waals surface area (Å²) in [6.45, 7) is 6.40. The molecule has 1 saturated heterocycles. The van der Waals surface area contributed by atoms with Gasteiger partial charge in [-0.05, 0) is 43.9 Å². The lowest BCUT2D eigenvalue weighted by atomic mass is 10.2. The molecule has 3 heterocycles. The van der Waals surface area contributed by atoms with E-state index >= 15 is 0 Å². The van der Waals surface area contributed by atoms with Crippen molar-refractivity contribution >= 4 is 22.4 Å². The van der Waals surface area contributed by atoms with Gasteiger partial charge >= 0.3 is 0 Å². The number of hydrogen-bond donors (Lipinski definition) is 0. The summed E-state index contributed by atoms with van der Waals surface area (Å²) < 4.78 is 1.77. The van der Waals surface area contributed by atoms with Crippen LogP contribution in [-0.4, -0.2) is 45.7 Å². The van der Waals surface area contributed by atoms with Crippen molar-refractivity contribution < 1.29 is 0 Å². The van der Waals surface area contributed by atoms with E-state index in [0.29, 0.717) is 11.3 Å². The highest BCUT2D eigenvalue weighted by Crippen LogP contribution is 2.30. The normalized spacial score (nSPS) is 17.3. The summed E-state index contributed by atoms with van der Waals surface area (Å²) in [5.41, 5.74) is 2.94. The first-order valence-corrected chi connectivity index (χ1v) is 9.96. The largest absolute Gasteiger partial charge is 0.368 e. The summed E-state index contributed by atoms with van der Waals surface area (Å²) in [4.78, 5) is 30.7. The van der Waals surface area contributed by atoms with Crippen LogP contribution in [0.2, 0.25) is 0 Å². The smallest absolute Gasteiger partial charge is 0.261 e. The highest BCUT2D eigenvalue weighted by molar-refractivity contribution is 5.81. The molecule has 2 aromatic heterocycles. The minimum absolute atomic E-state index is 0.0754. The molecule has 1 aromatic carbocycles. The lowest BCUT2D eigenvalue weighted by Crippen LogP contribution is -2.47. The van der Waals surface area contributed by atoms with Gasteiger partial charge in [-0.15, -0.1) is 0 Å². The van der Waals surface area contributed by atoms with E-state index in [1.54, 1.807) is 23.3 Å². The second-order valence-electron chi connectivity index (χ2n) is 7.79. The van der Waals surface area contributed by atoms with Gasteiger partial charge in [0.15, 0.2) is 0 Å². The Bertz CT molecular complexity index is 1070. The van der Waals surface area contributed by atoms with E-state index in [2.05, 4.69) is 30.8 Å². The SMILES string of the molecule is Cc1nccnc1N1CCN(c2ccc3c(=O)n(CC4CC4)cnc3c2)CC1. The number of hydrogen-bond acceptors (Lipinski definition) is 6. The molecule has 28 heavy (non-hydrogen) atoms. The Morgan fingerprint density at radius 2 is 1.75 bits per heavy atom. The molecule has 0 atom stereocenters. The molecule has 1 saturated carbocycles. The number of aromatic nitrogens is 4. The molecule has 0 N–H and O–H groups in total. The van der Waals surface area contributed by atoms with Crippen LogP contribution in [0.4, 0.5) is 11.5 Å². The molecule has 1 aliphatic carbocycles. The minimum atomic E-state index is 0.0754. The van der Waals surface area contributed by atoms with Gasteiger partial charge in [-0.2, -0.15) is 0 Å². The number of piperazine rings is 1. The summed E-state index contributed by atoms with van der Waals surface area (Å²) in [5.74, 6) is 1.63. The molecule has 144 valence electrons. The van der Waals surface area contributed by atoms with Gasteiger partial charge in [0.05, 0.1) is 22.9 Å². The molecule has 0 bridgehead atoms. The Hall–Kier alpha value is -2.96. The predicted molar refractivity (Wildman–Crippen MR) is 110 cm³/mol. The first-order chi connectivity index (χ1) is 13.7. The third-order valence-corrected chi connectivity index (χ3v) is 5.76. The number of benzene rings is 1.